The van der Waals surface area contributed by atoms with E-state index in [2.05, 4.69) is 15.1 Å². The molecule has 16 heavy (non-hydrogen) atoms. The molecule has 84 valence electrons. The van der Waals surface area contributed by atoms with E-state index in [1.54, 1.807) is 4.52 Å². The zero-order chi connectivity index (χ0) is 11.1. The van der Waals surface area contributed by atoms with Gasteiger partial charge < -0.3 is 5.73 Å². The van der Waals surface area contributed by atoms with Gasteiger partial charge in [0.1, 0.15) is 17.3 Å². The first-order valence-corrected chi connectivity index (χ1v) is 5.80. The molecule has 1 aliphatic rings. The Labute approximate surface area is 97.6 Å². The lowest BCUT2D eigenvalue weighted by molar-refractivity contribution is 0.712. The van der Waals surface area contributed by atoms with E-state index in [9.17, 15) is 0 Å². The van der Waals surface area contributed by atoms with E-state index in [0.29, 0.717) is 22.7 Å². The fraction of sp³-hybridized carbons (Fsp3) is 0.500. The molecular weight excluding hydrogens is 226 g/mol. The molecule has 0 saturated heterocycles. The fourth-order valence-corrected chi connectivity index (χ4v) is 2.77. The monoisotopic (exact) mass is 237 g/mol. The molecule has 1 fully saturated rings. The summed E-state index contributed by atoms with van der Waals surface area (Å²) >= 11 is 6.17. The van der Waals surface area contributed by atoms with E-state index < -0.39 is 0 Å². The van der Waals surface area contributed by atoms with Gasteiger partial charge in [-0.05, 0) is 18.8 Å². The molecule has 2 heterocycles. The maximum atomic E-state index is 6.17. The topological polar surface area (TPSA) is 69.1 Å². The number of halogens is 1. The first-order chi connectivity index (χ1) is 7.77. The van der Waals surface area contributed by atoms with Crippen molar-refractivity contribution < 1.29 is 0 Å². The highest BCUT2D eigenvalue weighted by molar-refractivity contribution is 6.30. The highest BCUT2D eigenvalue weighted by atomic mass is 35.5. The number of nitrogens with two attached hydrogens (primary N) is 1. The highest BCUT2D eigenvalue weighted by Crippen LogP contribution is 2.39. The predicted octanol–water partition coefficient (Wildman–Crippen LogP) is 2.02. The summed E-state index contributed by atoms with van der Waals surface area (Å²) in [5.41, 5.74) is 7.02. The molecule has 0 spiro atoms. The Morgan fingerprint density at radius 3 is 2.88 bits per heavy atom. The first-order valence-electron chi connectivity index (χ1n) is 5.42. The molecule has 2 aromatic heterocycles. The fourth-order valence-electron chi connectivity index (χ4n) is 2.44. The van der Waals surface area contributed by atoms with Gasteiger partial charge in [-0.15, -0.1) is 0 Å². The zero-order valence-corrected chi connectivity index (χ0v) is 9.48. The zero-order valence-electron chi connectivity index (χ0n) is 8.73. The van der Waals surface area contributed by atoms with Gasteiger partial charge in [0.2, 0.25) is 0 Å². The smallest absolute Gasteiger partial charge is 0.255 e. The van der Waals surface area contributed by atoms with Gasteiger partial charge in [0, 0.05) is 5.56 Å². The molecule has 0 radical (unpaired) electrons. The average Bonchev–Trinajstić information content (AvgIpc) is 2.87. The van der Waals surface area contributed by atoms with Crippen LogP contribution in [0.5, 0.6) is 0 Å². The summed E-state index contributed by atoms with van der Waals surface area (Å²) in [5.74, 6) is 1.47. The molecule has 0 atom stereocenters. The summed E-state index contributed by atoms with van der Waals surface area (Å²) in [6.45, 7) is 0. The number of hydrogen-bond acceptors (Lipinski definition) is 4. The second-order valence-corrected chi connectivity index (χ2v) is 4.51. The molecule has 2 aromatic rings. The van der Waals surface area contributed by atoms with Crippen molar-refractivity contribution >= 4 is 23.2 Å². The van der Waals surface area contributed by atoms with Gasteiger partial charge in [0.05, 0.1) is 0 Å². The lowest BCUT2D eigenvalue weighted by Gasteiger charge is -2.14. The Balaban J connectivity index is 2.21. The van der Waals surface area contributed by atoms with Crippen molar-refractivity contribution in [3.63, 3.8) is 0 Å². The minimum absolute atomic E-state index is 0.425. The van der Waals surface area contributed by atoms with Gasteiger partial charge in [0.15, 0.2) is 0 Å². The van der Waals surface area contributed by atoms with Crippen LogP contribution in [0.2, 0.25) is 5.15 Å². The first kappa shape index (κ1) is 9.84. The van der Waals surface area contributed by atoms with Gasteiger partial charge in [-0.1, -0.05) is 24.4 Å². The van der Waals surface area contributed by atoms with E-state index in [0.717, 1.165) is 18.4 Å². The van der Waals surface area contributed by atoms with Gasteiger partial charge >= 0.3 is 0 Å². The molecule has 0 unspecified atom stereocenters. The summed E-state index contributed by atoms with van der Waals surface area (Å²) in [7, 11) is 0. The van der Waals surface area contributed by atoms with Crippen molar-refractivity contribution in [3.05, 3.63) is 17.0 Å². The Hall–Kier alpha value is -1.36. The minimum atomic E-state index is 0.425. The third kappa shape index (κ3) is 1.35. The third-order valence-electron chi connectivity index (χ3n) is 3.22. The molecule has 1 aliphatic carbocycles. The van der Waals surface area contributed by atoms with E-state index in [4.69, 9.17) is 17.3 Å². The molecule has 0 bridgehead atoms. The van der Waals surface area contributed by atoms with Crippen LogP contribution in [0.4, 0.5) is 5.82 Å². The molecular formula is C10H12ClN5. The van der Waals surface area contributed by atoms with Crippen LogP contribution in [0.15, 0.2) is 6.33 Å². The Kier molecular flexibility index (Phi) is 2.21. The van der Waals surface area contributed by atoms with Crippen LogP contribution in [-0.4, -0.2) is 19.6 Å². The second-order valence-electron chi connectivity index (χ2n) is 4.15. The van der Waals surface area contributed by atoms with E-state index in [1.807, 2.05) is 0 Å². The van der Waals surface area contributed by atoms with Crippen molar-refractivity contribution in [2.24, 2.45) is 0 Å². The third-order valence-corrected chi connectivity index (χ3v) is 3.51. The number of hydrogen-bond donors (Lipinski definition) is 1. The van der Waals surface area contributed by atoms with E-state index >= 15 is 0 Å². The van der Waals surface area contributed by atoms with Crippen molar-refractivity contribution in [1.29, 1.82) is 0 Å². The Morgan fingerprint density at radius 1 is 1.38 bits per heavy atom. The molecule has 0 amide bonds. The lowest BCUT2D eigenvalue weighted by atomic mass is 10.00. The van der Waals surface area contributed by atoms with Crippen LogP contribution in [0.3, 0.4) is 0 Å². The van der Waals surface area contributed by atoms with Crippen LogP contribution in [0.25, 0.3) is 5.78 Å². The van der Waals surface area contributed by atoms with Gasteiger partial charge in [-0.2, -0.15) is 19.6 Å². The van der Waals surface area contributed by atoms with E-state index in [1.165, 1.54) is 19.2 Å². The maximum absolute atomic E-state index is 6.17. The van der Waals surface area contributed by atoms with Gasteiger partial charge in [-0.25, -0.2) is 0 Å². The molecule has 0 aliphatic heterocycles. The molecule has 0 aromatic carbocycles. The van der Waals surface area contributed by atoms with Crippen LogP contribution in [0, 0.1) is 0 Å². The summed E-state index contributed by atoms with van der Waals surface area (Å²) in [5, 5.41) is 4.53. The Morgan fingerprint density at radius 2 is 2.12 bits per heavy atom. The standard InChI is InChI=1S/C10H12ClN5/c11-8-7(6-3-1-2-4-6)9(12)16-10(15-8)13-5-14-16/h5-6H,1-4,12H2. The summed E-state index contributed by atoms with van der Waals surface area (Å²) in [6.07, 6.45) is 6.16. The molecule has 3 rings (SSSR count). The van der Waals surface area contributed by atoms with Crippen molar-refractivity contribution in [1.82, 2.24) is 19.6 Å². The molecule has 6 heteroatoms. The number of aromatic nitrogens is 4. The van der Waals surface area contributed by atoms with Crippen molar-refractivity contribution in [2.45, 2.75) is 31.6 Å². The number of anilines is 1. The van der Waals surface area contributed by atoms with Gasteiger partial charge in [0.25, 0.3) is 5.78 Å². The lowest BCUT2D eigenvalue weighted by Crippen LogP contribution is -2.09. The van der Waals surface area contributed by atoms with Gasteiger partial charge in [-0.3, -0.25) is 0 Å². The maximum Gasteiger partial charge on any atom is 0.255 e. The quantitative estimate of drug-likeness (QED) is 0.771. The SMILES string of the molecule is Nc1c(C2CCCC2)c(Cl)nc2ncnn12. The average molecular weight is 238 g/mol. The normalized spacial score (nSPS) is 17.3. The second kappa shape index (κ2) is 3.59. The van der Waals surface area contributed by atoms with Crippen LogP contribution in [-0.2, 0) is 0 Å². The summed E-state index contributed by atoms with van der Waals surface area (Å²) in [4.78, 5) is 8.20. The molecule has 5 nitrogen and oxygen atoms in total. The summed E-state index contributed by atoms with van der Waals surface area (Å²) < 4.78 is 1.56. The van der Waals surface area contributed by atoms with E-state index in [-0.39, 0.29) is 0 Å². The van der Waals surface area contributed by atoms with Crippen LogP contribution < -0.4 is 5.73 Å². The van der Waals surface area contributed by atoms with Crippen LogP contribution >= 0.6 is 11.6 Å². The number of nitrogen functional groups attached to an aromatic ring is 1. The highest BCUT2D eigenvalue weighted by Gasteiger charge is 2.24. The number of rotatable bonds is 1. The predicted molar refractivity (Wildman–Crippen MR) is 61.4 cm³/mol. The Bertz CT molecular complexity index is 529. The molecule has 2 N–H and O–H groups in total. The minimum Gasteiger partial charge on any atom is -0.383 e. The molecule has 1 saturated carbocycles. The summed E-state index contributed by atoms with van der Waals surface area (Å²) in [6, 6.07) is 0. The van der Waals surface area contributed by atoms with Crippen molar-refractivity contribution in [2.75, 3.05) is 5.73 Å². The van der Waals surface area contributed by atoms with Crippen molar-refractivity contribution in [3.8, 4) is 0 Å². The number of nitrogens with zero attached hydrogens (tertiary/aromatic N) is 4. The van der Waals surface area contributed by atoms with Crippen LogP contribution in [0.1, 0.15) is 37.2 Å². The largest absolute Gasteiger partial charge is 0.383 e. The number of fused-ring (bicyclic) bond motifs is 1.